The third-order valence-corrected chi connectivity index (χ3v) is 8.66. The first-order valence-corrected chi connectivity index (χ1v) is 13.9. The number of rotatable bonds is 1. The third kappa shape index (κ3) is 4.19. The molecule has 0 aliphatic carbocycles. The number of hydrogen-bond donors (Lipinski definition) is 0. The summed E-state index contributed by atoms with van der Waals surface area (Å²) < 4.78 is 46.2. The van der Waals surface area contributed by atoms with Gasteiger partial charge in [-0.1, -0.05) is 48.5 Å². The first-order chi connectivity index (χ1) is 19.8. The van der Waals surface area contributed by atoms with Crippen LogP contribution in [0.25, 0.3) is 39.3 Å². The van der Waals surface area contributed by atoms with Gasteiger partial charge in [-0.15, -0.1) is 0 Å². The zero-order chi connectivity index (χ0) is 28.3. The molecule has 2 aromatic heterocycles. The van der Waals surface area contributed by atoms with Gasteiger partial charge in [0.25, 0.3) is 0 Å². The molecule has 2 aliphatic heterocycles. The molecule has 2 atom stereocenters. The number of allylic oxidation sites excluding steroid dienone is 1. The molecular weight excluding hydrogens is 517 g/mol. The molecule has 3 aromatic carbocycles. The molecule has 0 spiro atoms. The van der Waals surface area contributed by atoms with E-state index in [0.29, 0.717) is 18.4 Å². The summed E-state index contributed by atoms with van der Waals surface area (Å²) in [7, 11) is 0. The van der Waals surface area contributed by atoms with Crippen LogP contribution in [0.4, 0.5) is 13.2 Å². The average molecular weight is 547 g/mol. The van der Waals surface area contributed by atoms with E-state index in [1.54, 1.807) is 6.07 Å². The normalized spacial score (nSPS) is 17.6. The van der Waals surface area contributed by atoms with Gasteiger partial charge in [-0.25, -0.2) is 0 Å². The van der Waals surface area contributed by atoms with Crippen LogP contribution in [0.15, 0.2) is 116 Å². The van der Waals surface area contributed by atoms with Crippen LogP contribution in [0, 0.1) is 6.92 Å². The van der Waals surface area contributed by atoms with Crippen molar-refractivity contribution in [2.75, 3.05) is 0 Å². The van der Waals surface area contributed by atoms with Gasteiger partial charge in [0.15, 0.2) is 12.4 Å². The summed E-state index contributed by atoms with van der Waals surface area (Å²) in [6.07, 6.45) is 0.999. The Morgan fingerprint density at radius 1 is 0.780 bits per heavy atom. The summed E-state index contributed by atoms with van der Waals surface area (Å²) in [5.74, 6) is 0.0357. The fraction of sp³-hybridized carbons (Fsp3) is 0.167. The predicted molar refractivity (Wildman–Crippen MR) is 155 cm³/mol. The smallest absolute Gasteiger partial charge is 0.184 e. The Kier molecular flexibility index (Phi) is 5.93. The minimum atomic E-state index is -4.41. The molecule has 0 radical (unpaired) electrons. The first-order valence-electron chi connectivity index (χ1n) is 13.9. The number of aryl methyl sites for hydroxylation is 2. The second-order valence-corrected chi connectivity index (χ2v) is 11.0. The van der Waals surface area contributed by atoms with E-state index in [4.69, 9.17) is 6.58 Å². The highest BCUT2D eigenvalue weighted by molar-refractivity contribution is 5.74. The van der Waals surface area contributed by atoms with E-state index in [9.17, 15) is 13.2 Å². The van der Waals surface area contributed by atoms with Gasteiger partial charge in [0.2, 0.25) is 23.1 Å². The molecule has 7 rings (SSSR count). The quantitative estimate of drug-likeness (QED) is 0.187. The van der Waals surface area contributed by atoms with E-state index in [-0.39, 0.29) is 12.0 Å². The lowest BCUT2D eigenvalue weighted by atomic mass is 9.78. The largest absolute Gasteiger partial charge is 0.416 e. The molecule has 0 amide bonds. The maximum Gasteiger partial charge on any atom is 0.416 e. The van der Waals surface area contributed by atoms with E-state index < -0.39 is 11.7 Å². The Hall–Kier alpha value is -4.51. The lowest BCUT2D eigenvalue weighted by Gasteiger charge is -2.29. The van der Waals surface area contributed by atoms with Gasteiger partial charge in [0.05, 0.1) is 11.5 Å². The average Bonchev–Trinajstić information content (AvgIpc) is 3.03. The number of hydrogen-bond acceptors (Lipinski definition) is 0. The Balaban J connectivity index is 1.52. The Bertz CT molecular complexity index is 1820. The van der Waals surface area contributed by atoms with Crippen LogP contribution in [0.2, 0.25) is 0 Å². The monoisotopic (exact) mass is 546 g/mol. The molecule has 2 nitrogen and oxygen atoms in total. The van der Waals surface area contributed by atoms with Crippen LogP contribution in [0.5, 0.6) is 0 Å². The van der Waals surface area contributed by atoms with E-state index in [1.165, 1.54) is 17.7 Å². The van der Waals surface area contributed by atoms with Gasteiger partial charge in [0.1, 0.15) is 0 Å². The molecular formula is C36H29F3N2+2. The van der Waals surface area contributed by atoms with Crippen molar-refractivity contribution in [2.24, 2.45) is 0 Å². The summed E-state index contributed by atoms with van der Waals surface area (Å²) in [6.45, 7) is 6.77. The van der Waals surface area contributed by atoms with E-state index in [1.807, 2.05) is 36.4 Å². The summed E-state index contributed by atoms with van der Waals surface area (Å²) in [5, 5.41) is 0. The number of aromatic nitrogens is 2. The van der Waals surface area contributed by atoms with E-state index >= 15 is 0 Å². The van der Waals surface area contributed by atoms with Crippen molar-refractivity contribution < 1.29 is 22.3 Å². The van der Waals surface area contributed by atoms with E-state index in [2.05, 4.69) is 70.9 Å². The van der Waals surface area contributed by atoms with Crippen LogP contribution < -0.4 is 9.13 Å². The Morgan fingerprint density at radius 3 is 2.34 bits per heavy atom. The van der Waals surface area contributed by atoms with Crippen molar-refractivity contribution in [3.63, 3.8) is 0 Å². The van der Waals surface area contributed by atoms with Crippen molar-refractivity contribution in [2.45, 2.75) is 37.9 Å². The molecule has 41 heavy (non-hydrogen) atoms. The SMILES string of the molecule is C=C1C2C(CCc3cc(C(F)(F)F)ccc3-c3cc(-c4ccccc4)c(C)c[n+]31)c1ccccc1-c1cccc[n+]12. The fourth-order valence-corrected chi connectivity index (χ4v) is 6.76. The second-order valence-electron chi connectivity index (χ2n) is 11.0. The Labute approximate surface area is 237 Å². The minimum Gasteiger partial charge on any atom is -0.184 e. The second kappa shape index (κ2) is 9.55. The van der Waals surface area contributed by atoms with Crippen LogP contribution in [0.3, 0.4) is 0 Å². The van der Waals surface area contributed by atoms with E-state index in [0.717, 1.165) is 44.9 Å². The lowest BCUT2D eigenvalue weighted by molar-refractivity contribution is -0.727. The standard InChI is InChI=1S/C36H29F3N2/c1-23-22-41-24(2)35-31(29-12-6-7-13-30(29)33-14-8-9-19-40(33)35)17-15-26-20-27(36(37,38)39)16-18-28(26)34(41)21-32(23)25-10-4-3-5-11-25/h3-14,16,18-22,31,35H,2,15,17H2,1H3/q+2. The maximum absolute atomic E-state index is 13.9. The van der Waals surface area contributed by atoms with Crippen LogP contribution in [0.1, 0.15) is 40.6 Å². The number of pyridine rings is 2. The van der Waals surface area contributed by atoms with Gasteiger partial charge in [0, 0.05) is 34.9 Å². The predicted octanol–water partition coefficient (Wildman–Crippen LogP) is 8.35. The van der Waals surface area contributed by atoms with Crippen molar-refractivity contribution in [1.82, 2.24) is 0 Å². The first kappa shape index (κ1) is 25.5. The van der Waals surface area contributed by atoms with Crippen LogP contribution in [-0.4, -0.2) is 0 Å². The Morgan fingerprint density at radius 2 is 1.54 bits per heavy atom. The maximum atomic E-state index is 13.9. The van der Waals surface area contributed by atoms with Crippen molar-refractivity contribution in [1.29, 1.82) is 0 Å². The molecule has 2 aliphatic rings. The third-order valence-electron chi connectivity index (χ3n) is 8.66. The fourth-order valence-electron chi connectivity index (χ4n) is 6.76. The van der Waals surface area contributed by atoms with Gasteiger partial charge in [-0.3, -0.25) is 0 Å². The highest BCUT2D eigenvalue weighted by atomic mass is 19.4. The summed E-state index contributed by atoms with van der Waals surface area (Å²) in [5.41, 5.74) is 9.30. The van der Waals surface area contributed by atoms with Gasteiger partial charge >= 0.3 is 6.18 Å². The van der Waals surface area contributed by atoms with Gasteiger partial charge in [-0.05, 0) is 78.9 Å². The summed E-state index contributed by atoms with van der Waals surface area (Å²) >= 11 is 0. The highest BCUT2D eigenvalue weighted by Gasteiger charge is 2.47. The molecule has 202 valence electrons. The summed E-state index contributed by atoms with van der Waals surface area (Å²) in [4.78, 5) is 0. The number of benzene rings is 3. The van der Waals surface area contributed by atoms with Gasteiger partial charge < -0.3 is 0 Å². The molecule has 0 fully saturated rings. The number of halogens is 3. The molecule has 0 N–H and O–H groups in total. The lowest BCUT2D eigenvalue weighted by Crippen LogP contribution is -2.53. The van der Waals surface area contributed by atoms with Crippen LogP contribution in [-0.2, 0) is 12.6 Å². The number of nitrogens with zero attached hydrogens (tertiary/aromatic N) is 2. The molecule has 0 saturated carbocycles. The van der Waals surface area contributed by atoms with Gasteiger partial charge in [-0.2, -0.15) is 22.3 Å². The van der Waals surface area contributed by atoms with Crippen LogP contribution >= 0.6 is 0 Å². The molecule has 4 heterocycles. The molecule has 2 unspecified atom stereocenters. The molecule has 0 bridgehead atoms. The highest BCUT2D eigenvalue weighted by Crippen LogP contribution is 2.45. The summed E-state index contributed by atoms with van der Waals surface area (Å²) in [6, 6.07) is 31.0. The minimum absolute atomic E-state index is 0.0357. The molecule has 5 heteroatoms. The van der Waals surface area contributed by atoms with Crippen molar-refractivity contribution in [3.05, 3.63) is 138 Å². The van der Waals surface area contributed by atoms with Crippen molar-refractivity contribution in [3.8, 4) is 33.6 Å². The van der Waals surface area contributed by atoms with Crippen molar-refractivity contribution >= 4 is 5.70 Å². The topological polar surface area (TPSA) is 7.76 Å². The molecule has 0 saturated heterocycles. The number of alkyl halides is 3. The zero-order valence-electron chi connectivity index (χ0n) is 22.7. The number of fused-ring (bicyclic) bond motifs is 9. The molecule has 5 aromatic rings. The zero-order valence-corrected chi connectivity index (χ0v) is 22.7.